The zero-order valence-electron chi connectivity index (χ0n) is 19.9. The zero-order chi connectivity index (χ0) is 24.4. The highest BCUT2D eigenvalue weighted by molar-refractivity contribution is 7.98. The van der Waals surface area contributed by atoms with E-state index in [1.165, 1.54) is 4.90 Å². The van der Waals surface area contributed by atoms with Gasteiger partial charge in [0.1, 0.15) is 0 Å². The van der Waals surface area contributed by atoms with Crippen LogP contribution in [0.5, 0.6) is 11.5 Å². The van der Waals surface area contributed by atoms with Crippen LogP contribution in [0.4, 0.5) is 10.5 Å². The largest absolute Gasteiger partial charge is 0.493 e. The predicted molar refractivity (Wildman–Crippen MR) is 140 cm³/mol. The Bertz CT molecular complexity index is 1350. The van der Waals surface area contributed by atoms with Crippen molar-refractivity contribution in [3.05, 3.63) is 102 Å². The van der Waals surface area contributed by atoms with E-state index in [-0.39, 0.29) is 12.1 Å². The van der Waals surface area contributed by atoms with Crippen molar-refractivity contribution in [3.8, 4) is 17.2 Å². The molecule has 0 saturated carbocycles. The van der Waals surface area contributed by atoms with Gasteiger partial charge in [-0.15, -0.1) is 11.8 Å². The Balaban J connectivity index is 1.58. The summed E-state index contributed by atoms with van der Waals surface area (Å²) in [6.07, 6.45) is 4.12. The summed E-state index contributed by atoms with van der Waals surface area (Å²) in [6.45, 7) is 0.464. The third-order valence-electron chi connectivity index (χ3n) is 6.29. The van der Waals surface area contributed by atoms with Gasteiger partial charge in [0, 0.05) is 28.5 Å². The molecule has 2 heterocycles. The quantitative estimate of drug-likeness (QED) is 0.335. The number of methoxy groups -OCH3 is 2. The van der Waals surface area contributed by atoms with Gasteiger partial charge in [0.25, 0.3) is 0 Å². The minimum atomic E-state index is -0.270. The number of benzene rings is 3. The van der Waals surface area contributed by atoms with E-state index >= 15 is 0 Å². The lowest BCUT2D eigenvalue weighted by atomic mass is 10.0. The number of hydrogen-bond donors (Lipinski definition) is 1. The van der Waals surface area contributed by atoms with E-state index in [9.17, 15) is 4.79 Å². The number of carbonyl (C=O) groups excluding carboxylic acids is 1. The second-order valence-electron chi connectivity index (χ2n) is 8.24. The molecule has 0 radical (unpaired) electrons. The molecule has 0 aliphatic carbocycles. The molecule has 178 valence electrons. The normalized spacial score (nSPS) is 14.5. The molecular formula is C28H27N3O3S. The number of hydrogen-bond acceptors (Lipinski definition) is 4. The Morgan fingerprint density at radius 3 is 2.46 bits per heavy atom. The minimum absolute atomic E-state index is 0.194. The van der Waals surface area contributed by atoms with Gasteiger partial charge in [-0.3, -0.25) is 0 Å². The van der Waals surface area contributed by atoms with Gasteiger partial charge < -0.3 is 24.3 Å². The highest BCUT2D eigenvalue weighted by Gasteiger charge is 2.33. The average Bonchev–Trinajstić information content (AvgIpc) is 3.33. The molecule has 6 nitrogen and oxygen atoms in total. The first-order chi connectivity index (χ1) is 17.1. The van der Waals surface area contributed by atoms with Crippen LogP contribution in [0.15, 0.2) is 90.0 Å². The third-order valence-corrected chi connectivity index (χ3v) is 7.03. The fourth-order valence-corrected chi connectivity index (χ4v) is 4.99. The molecule has 1 N–H and O–H groups in total. The molecule has 35 heavy (non-hydrogen) atoms. The van der Waals surface area contributed by atoms with E-state index in [2.05, 4.69) is 64.8 Å². The molecule has 2 amide bonds. The van der Waals surface area contributed by atoms with Crippen LogP contribution < -0.4 is 14.8 Å². The Labute approximate surface area is 209 Å². The summed E-state index contributed by atoms with van der Waals surface area (Å²) >= 11 is 1.70. The number of nitrogens with zero attached hydrogens (tertiary/aromatic N) is 2. The molecule has 0 unspecified atom stereocenters. The molecule has 1 atom stereocenters. The van der Waals surface area contributed by atoms with E-state index in [0.29, 0.717) is 23.7 Å². The monoisotopic (exact) mass is 485 g/mol. The highest BCUT2D eigenvalue weighted by Crippen LogP contribution is 2.38. The lowest BCUT2D eigenvalue weighted by molar-refractivity contribution is 0.194. The number of ether oxygens (including phenoxy) is 2. The SMILES string of the molecule is COc1ccc(NC(=O)N2Cc3ccccc3-n3cccc3[C@@H]2c2ccc(SC)cc2)cc1OC. The average molecular weight is 486 g/mol. The fourth-order valence-electron chi connectivity index (χ4n) is 4.59. The Morgan fingerprint density at radius 1 is 0.943 bits per heavy atom. The van der Waals surface area contributed by atoms with Crippen LogP contribution in [0.2, 0.25) is 0 Å². The van der Waals surface area contributed by atoms with E-state index in [0.717, 1.165) is 22.5 Å². The van der Waals surface area contributed by atoms with E-state index in [4.69, 9.17) is 9.47 Å². The Morgan fingerprint density at radius 2 is 1.71 bits per heavy atom. The molecule has 0 bridgehead atoms. The van der Waals surface area contributed by atoms with Crippen LogP contribution in [-0.2, 0) is 6.54 Å². The highest BCUT2D eigenvalue weighted by atomic mass is 32.2. The number of amides is 2. The van der Waals surface area contributed by atoms with Crippen LogP contribution in [0.25, 0.3) is 5.69 Å². The number of nitrogens with one attached hydrogen (secondary N) is 1. The van der Waals surface area contributed by atoms with E-state index < -0.39 is 0 Å². The summed E-state index contributed by atoms with van der Waals surface area (Å²) in [5, 5.41) is 3.08. The Hall–Kier alpha value is -3.84. The van der Waals surface area contributed by atoms with Crippen molar-refractivity contribution in [2.45, 2.75) is 17.5 Å². The van der Waals surface area contributed by atoms with Crippen molar-refractivity contribution >= 4 is 23.5 Å². The number of anilines is 1. The molecule has 4 aromatic rings. The lowest BCUT2D eigenvalue weighted by Crippen LogP contribution is -2.37. The van der Waals surface area contributed by atoms with Crippen LogP contribution in [-0.4, -0.2) is 36.0 Å². The molecule has 5 rings (SSSR count). The van der Waals surface area contributed by atoms with Gasteiger partial charge in [0.05, 0.1) is 32.5 Å². The van der Waals surface area contributed by atoms with Gasteiger partial charge in [0.2, 0.25) is 0 Å². The van der Waals surface area contributed by atoms with Gasteiger partial charge in [-0.25, -0.2) is 4.79 Å². The first-order valence-electron chi connectivity index (χ1n) is 11.3. The number of rotatable bonds is 5. The number of fused-ring (bicyclic) bond motifs is 3. The van der Waals surface area contributed by atoms with E-state index in [1.807, 2.05) is 29.2 Å². The first-order valence-corrected chi connectivity index (χ1v) is 12.5. The number of carbonyl (C=O) groups is 1. The van der Waals surface area contributed by atoms with Crippen LogP contribution in [0.3, 0.4) is 0 Å². The van der Waals surface area contributed by atoms with Crippen molar-refractivity contribution in [1.82, 2.24) is 9.47 Å². The molecule has 3 aromatic carbocycles. The standard InChI is InChI=1S/C28H27N3O3S/c1-33-25-15-12-21(17-26(25)34-2)29-28(32)31-18-20-7-4-5-8-23(20)30-16-6-9-24(30)27(31)19-10-13-22(35-3)14-11-19/h4-17,27H,18H2,1-3H3,(H,29,32)/t27-/m0/s1. The van der Waals surface area contributed by atoms with Crippen molar-refractivity contribution in [1.29, 1.82) is 0 Å². The third kappa shape index (κ3) is 4.35. The fraction of sp³-hybridized carbons (Fsp3) is 0.179. The molecule has 1 aliphatic heterocycles. The van der Waals surface area contributed by atoms with Crippen LogP contribution in [0, 0.1) is 0 Å². The Kier molecular flexibility index (Phi) is 6.42. The lowest BCUT2D eigenvalue weighted by Gasteiger charge is -2.31. The maximum absolute atomic E-state index is 13.9. The van der Waals surface area contributed by atoms with Crippen molar-refractivity contribution in [2.24, 2.45) is 0 Å². The summed E-state index contributed by atoms with van der Waals surface area (Å²) in [6, 6.07) is 25.7. The second kappa shape index (κ2) is 9.80. The summed E-state index contributed by atoms with van der Waals surface area (Å²) in [5.41, 5.74) is 4.89. The predicted octanol–water partition coefficient (Wildman–Crippen LogP) is 6.35. The molecule has 0 fully saturated rings. The molecule has 7 heteroatoms. The van der Waals surface area contributed by atoms with Gasteiger partial charge >= 0.3 is 6.03 Å². The molecular weight excluding hydrogens is 458 g/mol. The van der Waals surface area contributed by atoms with Gasteiger partial charge in [-0.2, -0.15) is 0 Å². The maximum Gasteiger partial charge on any atom is 0.322 e. The summed E-state index contributed by atoms with van der Waals surface area (Å²) < 4.78 is 12.9. The topological polar surface area (TPSA) is 55.7 Å². The second-order valence-corrected chi connectivity index (χ2v) is 9.11. The zero-order valence-corrected chi connectivity index (χ0v) is 20.7. The van der Waals surface area contributed by atoms with Gasteiger partial charge in [0.15, 0.2) is 11.5 Å². The molecule has 0 spiro atoms. The van der Waals surface area contributed by atoms with Crippen LogP contribution in [0.1, 0.15) is 22.9 Å². The van der Waals surface area contributed by atoms with Crippen molar-refractivity contribution in [2.75, 3.05) is 25.8 Å². The van der Waals surface area contributed by atoms with Gasteiger partial charge in [-0.05, 0) is 59.8 Å². The minimum Gasteiger partial charge on any atom is -0.493 e. The molecule has 0 saturated heterocycles. The molecule has 1 aromatic heterocycles. The number of thioether (sulfide) groups is 1. The summed E-state index contributed by atoms with van der Waals surface area (Å²) in [7, 11) is 3.17. The van der Waals surface area contributed by atoms with Crippen molar-refractivity contribution in [3.63, 3.8) is 0 Å². The smallest absolute Gasteiger partial charge is 0.322 e. The molecule has 1 aliphatic rings. The first kappa shape index (κ1) is 22.9. The number of urea groups is 1. The van der Waals surface area contributed by atoms with E-state index in [1.54, 1.807) is 38.1 Å². The number of para-hydroxylation sites is 1. The van der Waals surface area contributed by atoms with Crippen LogP contribution >= 0.6 is 11.8 Å². The maximum atomic E-state index is 13.9. The van der Waals surface area contributed by atoms with Gasteiger partial charge in [-0.1, -0.05) is 30.3 Å². The van der Waals surface area contributed by atoms with Crippen molar-refractivity contribution < 1.29 is 14.3 Å². The summed E-state index contributed by atoms with van der Waals surface area (Å²) in [5.74, 6) is 1.17. The number of aromatic nitrogens is 1. The summed E-state index contributed by atoms with van der Waals surface area (Å²) in [4.78, 5) is 16.9.